The van der Waals surface area contributed by atoms with E-state index < -0.39 is 17.8 Å². The average molecular weight is 542 g/mol. The van der Waals surface area contributed by atoms with Crippen molar-refractivity contribution in [1.29, 1.82) is 0 Å². The van der Waals surface area contributed by atoms with Crippen molar-refractivity contribution >= 4 is 5.78 Å². The van der Waals surface area contributed by atoms with Crippen LogP contribution in [0.4, 0.5) is 17.6 Å². The van der Waals surface area contributed by atoms with Gasteiger partial charge in [-0.2, -0.15) is 18.3 Å². The molecule has 0 N–H and O–H groups in total. The Balaban J connectivity index is 1.51. The van der Waals surface area contributed by atoms with Gasteiger partial charge in [0, 0.05) is 24.6 Å². The van der Waals surface area contributed by atoms with Gasteiger partial charge in [0.05, 0.1) is 31.7 Å². The minimum atomic E-state index is -4.80. The van der Waals surface area contributed by atoms with E-state index in [1.165, 1.54) is 17.7 Å². The third-order valence-electron chi connectivity index (χ3n) is 6.40. The highest BCUT2D eigenvalue weighted by molar-refractivity contribution is 5.78. The van der Waals surface area contributed by atoms with Crippen LogP contribution in [0.3, 0.4) is 0 Å². The fourth-order valence-electron chi connectivity index (χ4n) is 4.54. The molecule has 0 radical (unpaired) electrons. The van der Waals surface area contributed by atoms with Gasteiger partial charge in [-0.3, -0.25) is 4.40 Å². The number of hydrogen-bond acceptors (Lipinski definition) is 7. The largest absolute Gasteiger partial charge is 0.497 e. The van der Waals surface area contributed by atoms with Crippen molar-refractivity contribution in [3.8, 4) is 28.5 Å². The van der Waals surface area contributed by atoms with Crippen LogP contribution in [0.15, 0.2) is 49.1 Å². The van der Waals surface area contributed by atoms with Crippen molar-refractivity contribution in [1.82, 2.24) is 38.9 Å². The summed E-state index contributed by atoms with van der Waals surface area (Å²) in [5, 5.41) is 8.17. The Hall–Kier alpha value is -4.33. The fourth-order valence-corrected chi connectivity index (χ4v) is 4.54. The standard InChI is InChI=1S/C25H22F4N8O2/c1-38-18-7-5-15(6-8-18)12-37-22(33-23(34-37)25(27,28)29)20-21(35-14-17(26)11-30-24(35)32-20)16-10-31-36(13-16)19-4-2-3-9-39-19/h5-8,10-11,13-14,19H,2-4,9,12H2,1H3. The molecule has 0 spiro atoms. The third kappa shape index (κ3) is 4.82. The summed E-state index contributed by atoms with van der Waals surface area (Å²) < 4.78 is 70.7. The zero-order valence-corrected chi connectivity index (χ0v) is 20.6. The smallest absolute Gasteiger partial charge is 0.453 e. The average Bonchev–Trinajstić information content (AvgIpc) is 3.66. The van der Waals surface area contributed by atoms with Crippen LogP contribution < -0.4 is 4.74 Å². The molecule has 0 aliphatic carbocycles. The van der Waals surface area contributed by atoms with Crippen LogP contribution in [0.2, 0.25) is 0 Å². The van der Waals surface area contributed by atoms with Crippen LogP contribution in [-0.2, 0) is 17.5 Å². The van der Waals surface area contributed by atoms with Gasteiger partial charge >= 0.3 is 6.18 Å². The van der Waals surface area contributed by atoms with Crippen molar-refractivity contribution in [2.45, 2.75) is 38.2 Å². The molecule has 0 amide bonds. The van der Waals surface area contributed by atoms with E-state index in [2.05, 4.69) is 25.1 Å². The molecule has 0 bridgehead atoms. The van der Waals surface area contributed by atoms with Crippen molar-refractivity contribution < 1.29 is 27.0 Å². The number of benzene rings is 1. The second kappa shape index (κ2) is 9.76. The van der Waals surface area contributed by atoms with Gasteiger partial charge in [0.25, 0.3) is 5.82 Å². The summed E-state index contributed by atoms with van der Waals surface area (Å²) in [4.78, 5) is 12.3. The number of methoxy groups -OCH3 is 1. The molecule has 1 unspecified atom stereocenters. The molecule has 1 aliphatic rings. The first-order valence-corrected chi connectivity index (χ1v) is 12.2. The van der Waals surface area contributed by atoms with E-state index >= 15 is 0 Å². The lowest BCUT2D eigenvalue weighted by atomic mass is 10.1. The van der Waals surface area contributed by atoms with Crippen molar-refractivity contribution in [2.24, 2.45) is 0 Å². The lowest BCUT2D eigenvalue weighted by Crippen LogP contribution is -2.18. The first-order chi connectivity index (χ1) is 18.8. The number of nitrogens with zero attached hydrogens (tertiary/aromatic N) is 8. The molecule has 4 aromatic heterocycles. The molecule has 0 saturated carbocycles. The first-order valence-electron chi connectivity index (χ1n) is 12.2. The summed E-state index contributed by atoms with van der Waals surface area (Å²) in [6.45, 7) is 0.567. The number of halogens is 4. The number of rotatable bonds is 6. The molecule has 39 heavy (non-hydrogen) atoms. The second-order valence-electron chi connectivity index (χ2n) is 9.04. The molecule has 5 heterocycles. The van der Waals surface area contributed by atoms with Gasteiger partial charge in [0.1, 0.15) is 17.7 Å². The molecule has 6 rings (SSSR count). The van der Waals surface area contributed by atoms with Crippen LogP contribution in [0.5, 0.6) is 5.75 Å². The summed E-state index contributed by atoms with van der Waals surface area (Å²) in [6, 6.07) is 6.82. The Kier molecular flexibility index (Phi) is 6.25. The van der Waals surface area contributed by atoms with Crippen molar-refractivity contribution in [2.75, 3.05) is 13.7 Å². The van der Waals surface area contributed by atoms with Gasteiger partial charge in [-0.15, -0.1) is 5.10 Å². The van der Waals surface area contributed by atoms with E-state index in [4.69, 9.17) is 9.47 Å². The first kappa shape index (κ1) is 25.0. The second-order valence-corrected chi connectivity index (χ2v) is 9.04. The molecule has 202 valence electrons. The van der Waals surface area contributed by atoms with Crippen LogP contribution in [0.1, 0.15) is 36.9 Å². The summed E-state index contributed by atoms with van der Waals surface area (Å²) >= 11 is 0. The van der Waals surface area contributed by atoms with Crippen LogP contribution in [-0.4, -0.2) is 52.6 Å². The molecular formula is C25H22F4N8O2. The molecule has 1 fully saturated rings. The van der Waals surface area contributed by atoms with E-state index in [9.17, 15) is 17.6 Å². The normalized spacial score (nSPS) is 16.2. The van der Waals surface area contributed by atoms with Gasteiger partial charge < -0.3 is 9.47 Å². The molecule has 5 aromatic rings. The van der Waals surface area contributed by atoms with Gasteiger partial charge in [-0.05, 0) is 37.0 Å². The Labute approximate surface area is 218 Å². The predicted molar refractivity (Wildman–Crippen MR) is 129 cm³/mol. The lowest BCUT2D eigenvalue weighted by molar-refractivity contribution is -0.144. The van der Waals surface area contributed by atoms with Crippen molar-refractivity contribution in [3.63, 3.8) is 0 Å². The topological polar surface area (TPSA) is 97.2 Å². The SMILES string of the molecule is COc1ccc(Cn2nc(C(F)(F)F)nc2-c2nc3ncc(F)cn3c2-c2cnn(C3CCCCO3)c2)cc1. The quantitative estimate of drug-likeness (QED) is 0.285. The zero-order chi connectivity index (χ0) is 27.1. The number of imidazole rings is 1. The predicted octanol–water partition coefficient (Wildman–Crippen LogP) is 4.77. The van der Waals surface area contributed by atoms with E-state index in [1.54, 1.807) is 35.1 Å². The number of fused-ring (bicyclic) bond motifs is 1. The van der Waals surface area contributed by atoms with E-state index in [0.29, 0.717) is 23.5 Å². The Morgan fingerprint density at radius 1 is 1.08 bits per heavy atom. The van der Waals surface area contributed by atoms with Crippen LogP contribution in [0, 0.1) is 5.82 Å². The highest BCUT2D eigenvalue weighted by Gasteiger charge is 2.38. The third-order valence-corrected chi connectivity index (χ3v) is 6.40. The van der Waals surface area contributed by atoms with Gasteiger partial charge in [-0.25, -0.2) is 28.7 Å². The molecule has 1 aliphatic heterocycles. The molecule has 1 saturated heterocycles. The van der Waals surface area contributed by atoms with E-state index in [1.807, 2.05) is 0 Å². The van der Waals surface area contributed by atoms with Crippen LogP contribution >= 0.6 is 0 Å². The number of ether oxygens (including phenoxy) is 2. The van der Waals surface area contributed by atoms with Crippen molar-refractivity contribution in [3.05, 3.63) is 66.3 Å². The Morgan fingerprint density at radius 3 is 2.62 bits per heavy atom. The molecule has 10 nitrogen and oxygen atoms in total. The van der Waals surface area contributed by atoms with Gasteiger partial charge in [0.2, 0.25) is 5.78 Å². The highest BCUT2D eigenvalue weighted by atomic mass is 19.4. The van der Waals surface area contributed by atoms with E-state index in [-0.39, 0.29) is 35.8 Å². The minimum absolute atomic E-state index is 0.0350. The number of aromatic nitrogens is 8. The monoisotopic (exact) mass is 542 g/mol. The van der Waals surface area contributed by atoms with Gasteiger partial charge in [0.15, 0.2) is 11.6 Å². The maximum atomic E-state index is 14.3. The fraction of sp³-hybridized carbons (Fsp3) is 0.320. The van der Waals surface area contributed by atoms with Crippen LogP contribution in [0.25, 0.3) is 28.6 Å². The summed E-state index contributed by atoms with van der Waals surface area (Å²) in [5.74, 6) is -1.44. The Morgan fingerprint density at radius 2 is 1.90 bits per heavy atom. The molecule has 14 heteroatoms. The Bertz CT molecular complexity index is 1620. The maximum Gasteiger partial charge on any atom is 0.453 e. The number of alkyl halides is 3. The number of hydrogen-bond donors (Lipinski definition) is 0. The molecule has 1 aromatic carbocycles. The molecule has 1 atom stereocenters. The summed E-state index contributed by atoms with van der Waals surface area (Å²) in [5.41, 5.74) is 1.46. The van der Waals surface area contributed by atoms with Gasteiger partial charge in [-0.1, -0.05) is 12.1 Å². The minimum Gasteiger partial charge on any atom is -0.497 e. The zero-order valence-electron chi connectivity index (χ0n) is 20.6. The summed E-state index contributed by atoms with van der Waals surface area (Å²) in [6.07, 6.45) is 3.00. The van der Waals surface area contributed by atoms with E-state index in [0.717, 1.165) is 36.3 Å². The lowest BCUT2D eigenvalue weighted by Gasteiger charge is -2.22. The molecular weight excluding hydrogens is 520 g/mol. The summed E-state index contributed by atoms with van der Waals surface area (Å²) in [7, 11) is 1.52. The maximum absolute atomic E-state index is 14.3. The highest BCUT2D eigenvalue weighted by Crippen LogP contribution is 2.35.